The maximum absolute atomic E-state index is 11.8. The second kappa shape index (κ2) is 7.21. The lowest BCUT2D eigenvalue weighted by Crippen LogP contribution is -2.35. The van der Waals surface area contributed by atoms with Gasteiger partial charge in [-0.15, -0.1) is 0 Å². The summed E-state index contributed by atoms with van der Waals surface area (Å²) in [7, 11) is -3.44. The summed E-state index contributed by atoms with van der Waals surface area (Å²) < 4.78 is 22.9. The predicted molar refractivity (Wildman–Crippen MR) is 78.6 cm³/mol. The molecular weight excluding hydrogens is 294 g/mol. The number of nitrogens with one attached hydrogen (secondary N) is 1. The average Bonchev–Trinajstić information content (AvgIpc) is 2.37. The smallest absolute Gasteiger partial charge is 0.305 e. The van der Waals surface area contributed by atoms with Crippen LogP contribution in [0, 0.1) is 6.92 Å². The van der Waals surface area contributed by atoms with Gasteiger partial charge >= 0.3 is 5.97 Å². The van der Waals surface area contributed by atoms with Crippen molar-refractivity contribution in [2.75, 3.05) is 11.5 Å². The molecule has 1 atom stereocenters. The lowest BCUT2D eigenvalue weighted by Gasteiger charge is -2.19. The van der Waals surface area contributed by atoms with E-state index in [1.165, 1.54) is 6.92 Å². The first-order valence-corrected chi connectivity index (χ1v) is 8.34. The standard InChI is InChI=1S/C14H19NO5S/c1-3-21(19,20)9-13(16)15-12(8-14(17)18)11-7-5-4-6-10(11)2/h4-7,12H,3,8-9H2,1-2H3,(H,15,16)(H,17,18). The first-order valence-electron chi connectivity index (χ1n) is 6.52. The van der Waals surface area contributed by atoms with Crippen LogP contribution in [0.5, 0.6) is 0 Å². The van der Waals surface area contributed by atoms with Gasteiger partial charge in [0.15, 0.2) is 9.84 Å². The lowest BCUT2D eigenvalue weighted by atomic mass is 9.99. The van der Waals surface area contributed by atoms with Gasteiger partial charge in [0.05, 0.1) is 12.5 Å². The molecule has 7 heteroatoms. The summed E-state index contributed by atoms with van der Waals surface area (Å²) in [4.78, 5) is 22.8. The highest BCUT2D eigenvalue weighted by atomic mass is 32.2. The zero-order valence-corrected chi connectivity index (χ0v) is 12.8. The molecule has 0 aliphatic rings. The minimum Gasteiger partial charge on any atom is -0.481 e. The molecule has 0 radical (unpaired) electrons. The van der Waals surface area contributed by atoms with E-state index in [0.717, 1.165) is 5.56 Å². The van der Waals surface area contributed by atoms with Crippen molar-refractivity contribution in [3.05, 3.63) is 35.4 Å². The first-order chi connectivity index (χ1) is 9.75. The molecule has 0 spiro atoms. The van der Waals surface area contributed by atoms with Crippen molar-refractivity contribution in [1.82, 2.24) is 5.32 Å². The molecule has 1 rings (SSSR count). The van der Waals surface area contributed by atoms with Gasteiger partial charge in [-0.2, -0.15) is 0 Å². The van der Waals surface area contributed by atoms with E-state index in [9.17, 15) is 18.0 Å². The Balaban J connectivity index is 2.92. The Morgan fingerprint density at radius 3 is 2.43 bits per heavy atom. The Morgan fingerprint density at radius 1 is 1.29 bits per heavy atom. The normalized spacial score (nSPS) is 12.7. The van der Waals surface area contributed by atoms with Gasteiger partial charge in [-0.3, -0.25) is 9.59 Å². The summed E-state index contributed by atoms with van der Waals surface area (Å²) in [5, 5.41) is 11.5. The highest BCUT2D eigenvalue weighted by molar-refractivity contribution is 7.92. The molecule has 2 N–H and O–H groups in total. The summed E-state index contributed by atoms with van der Waals surface area (Å²) in [5.74, 6) is -2.52. The van der Waals surface area contributed by atoms with E-state index in [1.807, 2.05) is 0 Å². The molecule has 1 aromatic carbocycles. The van der Waals surface area contributed by atoms with Crippen LogP contribution in [0.4, 0.5) is 0 Å². The molecular formula is C14H19NO5S. The van der Waals surface area contributed by atoms with Gasteiger partial charge in [0.1, 0.15) is 5.75 Å². The number of amides is 1. The molecule has 0 bridgehead atoms. The van der Waals surface area contributed by atoms with Crippen molar-refractivity contribution in [3.8, 4) is 0 Å². The molecule has 0 aromatic heterocycles. The molecule has 21 heavy (non-hydrogen) atoms. The van der Waals surface area contributed by atoms with Crippen molar-refractivity contribution in [2.24, 2.45) is 0 Å². The summed E-state index contributed by atoms with van der Waals surface area (Å²) >= 11 is 0. The van der Waals surface area contributed by atoms with Crippen LogP contribution in [0.2, 0.25) is 0 Å². The molecule has 116 valence electrons. The van der Waals surface area contributed by atoms with Crippen molar-refractivity contribution >= 4 is 21.7 Å². The number of carboxylic acids is 1. The summed E-state index contributed by atoms with van der Waals surface area (Å²) in [6, 6.07) is 6.33. The number of hydrogen-bond donors (Lipinski definition) is 2. The van der Waals surface area contributed by atoms with Crippen LogP contribution in [0.1, 0.15) is 30.5 Å². The van der Waals surface area contributed by atoms with Gasteiger partial charge in [-0.05, 0) is 18.1 Å². The first kappa shape index (κ1) is 17.2. The van der Waals surface area contributed by atoms with Crippen LogP contribution in [0.3, 0.4) is 0 Å². The fourth-order valence-electron chi connectivity index (χ4n) is 1.93. The van der Waals surface area contributed by atoms with Crippen LogP contribution in [-0.2, 0) is 19.4 Å². The fraction of sp³-hybridized carbons (Fsp3) is 0.429. The Morgan fingerprint density at radius 2 is 1.90 bits per heavy atom. The third kappa shape index (κ3) is 5.55. The number of aliphatic carboxylic acids is 1. The largest absolute Gasteiger partial charge is 0.481 e. The maximum atomic E-state index is 11.8. The van der Waals surface area contributed by atoms with E-state index >= 15 is 0 Å². The minimum absolute atomic E-state index is 0.131. The van der Waals surface area contributed by atoms with Gasteiger partial charge in [0.25, 0.3) is 0 Å². The summed E-state index contributed by atoms with van der Waals surface area (Å²) in [6.45, 7) is 3.26. The molecule has 0 saturated heterocycles. The van der Waals surface area contributed by atoms with E-state index < -0.39 is 33.5 Å². The number of hydrogen-bond acceptors (Lipinski definition) is 4. The topological polar surface area (TPSA) is 101 Å². The Hall–Kier alpha value is -1.89. The van der Waals surface area contributed by atoms with Gasteiger partial charge in [0.2, 0.25) is 5.91 Å². The molecule has 0 aliphatic carbocycles. The van der Waals surface area contributed by atoms with Crippen LogP contribution in [0.15, 0.2) is 24.3 Å². The van der Waals surface area contributed by atoms with Crippen molar-refractivity contribution in [1.29, 1.82) is 0 Å². The average molecular weight is 313 g/mol. The fourth-order valence-corrected chi connectivity index (χ4v) is 2.62. The molecule has 1 aromatic rings. The number of carbonyl (C=O) groups is 2. The number of rotatable bonds is 7. The molecule has 0 saturated carbocycles. The van der Waals surface area contributed by atoms with Crippen molar-refractivity contribution in [2.45, 2.75) is 26.3 Å². The van der Waals surface area contributed by atoms with E-state index in [-0.39, 0.29) is 12.2 Å². The van der Waals surface area contributed by atoms with Crippen LogP contribution >= 0.6 is 0 Å². The van der Waals surface area contributed by atoms with Gasteiger partial charge in [-0.1, -0.05) is 31.2 Å². The molecule has 0 heterocycles. The molecule has 1 unspecified atom stereocenters. The monoisotopic (exact) mass is 313 g/mol. The number of carbonyl (C=O) groups excluding carboxylic acids is 1. The zero-order chi connectivity index (χ0) is 16.0. The molecule has 0 aliphatic heterocycles. The third-order valence-electron chi connectivity index (χ3n) is 3.07. The minimum atomic E-state index is -3.44. The van der Waals surface area contributed by atoms with Gasteiger partial charge in [0, 0.05) is 5.75 Å². The van der Waals surface area contributed by atoms with E-state index in [4.69, 9.17) is 5.11 Å². The molecule has 1 amide bonds. The number of sulfone groups is 1. The SMILES string of the molecule is CCS(=O)(=O)CC(=O)NC(CC(=O)O)c1ccccc1C. The number of aryl methyl sites for hydroxylation is 1. The van der Waals surface area contributed by atoms with Crippen LogP contribution in [-0.4, -0.2) is 36.9 Å². The second-order valence-corrected chi connectivity index (χ2v) is 7.10. The third-order valence-corrected chi connectivity index (χ3v) is 4.65. The lowest BCUT2D eigenvalue weighted by molar-refractivity contribution is -0.137. The maximum Gasteiger partial charge on any atom is 0.305 e. The molecule has 6 nitrogen and oxygen atoms in total. The Kier molecular flexibility index (Phi) is 5.90. The van der Waals surface area contributed by atoms with Crippen LogP contribution < -0.4 is 5.32 Å². The summed E-state index contributed by atoms with van der Waals surface area (Å²) in [5.41, 5.74) is 1.50. The zero-order valence-electron chi connectivity index (χ0n) is 12.0. The van der Waals surface area contributed by atoms with E-state index in [0.29, 0.717) is 5.56 Å². The predicted octanol–water partition coefficient (Wildman–Crippen LogP) is 1.06. The Bertz CT molecular complexity index is 624. The van der Waals surface area contributed by atoms with Gasteiger partial charge in [-0.25, -0.2) is 8.42 Å². The van der Waals surface area contributed by atoms with E-state index in [1.54, 1.807) is 31.2 Å². The molecule has 0 fully saturated rings. The Labute approximate surface area is 124 Å². The van der Waals surface area contributed by atoms with Crippen molar-refractivity contribution in [3.63, 3.8) is 0 Å². The van der Waals surface area contributed by atoms with Crippen molar-refractivity contribution < 1.29 is 23.1 Å². The van der Waals surface area contributed by atoms with Crippen LogP contribution in [0.25, 0.3) is 0 Å². The second-order valence-electron chi connectivity index (χ2n) is 4.75. The highest BCUT2D eigenvalue weighted by Crippen LogP contribution is 2.20. The summed E-state index contributed by atoms with van der Waals surface area (Å²) in [6.07, 6.45) is -0.303. The van der Waals surface area contributed by atoms with E-state index in [2.05, 4.69) is 5.32 Å². The highest BCUT2D eigenvalue weighted by Gasteiger charge is 2.22. The van der Waals surface area contributed by atoms with Gasteiger partial charge < -0.3 is 10.4 Å². The number of carboxylic acid groups (broad SMARTS) is 1. The number of benzene rings is 1. The quantitative estimate of drug-likeness (QED) is 0.784.